The number of rotatable bonds is 1. The number of hydrogen-bond donors (Lipinski definition) is 1. The highest BCUT2D eigenvalue weighted by molar-refractivity contribution is 5.94. The summed E-state index contributed by atoms with van der Waals surface area (Å²) in [6.45, 7) is 3.81. The van der Waals surface area contributed by atoms with Crippen molar-refractivity contribution in [1.29, 1.82) is 0 Å². The molecule has 2 atom stereocenters. The zero-order chi connectivity index (χ0) is 14.3. The van der Waals surface area contributed by atoms with Crippen molar-refractivity contribution in [3.8, 4) is 0 Å². The number of likely N-dealkylation sites (tertiary alicyclic amines) is 1. The van der Waals surface area contributed by atoms with Crippen LogP contribution in [0, 0.1) is 24.5 Å². The van der Waals surface area contributed by atoms with Crippen molar-refractivity contribution < 1.29 is 13.6 Å². The molecule has 3 rings (SSSR count). The monoisotopic (exact) mass is 316 g/mol. The summed E-state index contributed by atoms with van der Waals surface area (Å²) in [7, 11) is 0. The van der Waals surface area contributed by atoms with E-state index in [1.807, 2.05) is 0 Å². The van der Waals surface area contributed by atoms with E-state index in [-0.39, 0.29) is 23.9 Å². The fourth-order valence-electron chi connectivity index (χ4n) is 3.22. The van der Waals surface area contributed by atoms with Crippen molar-refractivity contribution in [2.24, 2.45) is 5.92 Å². The molecule has 3 nitrogen and oxygen atoms in total. The van der Waals surface area contributed by atoms with Crippen molar-refractivity contribution in [3.63, 3.8) is 0 Å². The van der Waals surface area contributed by atoms with Crippen LogP contribution in [0.5, 0.6) is 0 Å². The molecule has 0 saturated carbocycles. The van der Waals surface area contributed by atoms with Crippen molar-refractivity contribution in [2.45, 2.75) is 25.8 Å². The van der Waals surface area contributed by atoms with Crippen LogP contribution in [0.4, 0.5) is 8.78 Å². The molecule has 2 unspecified atom stereocenters. The quantitative estimate of drug-likeness (QED) is 0.863. The third-order valence-corrected chi connectivity index (χ3v) is 4.42. The number of amides is 1. The van der Waals surface area contributed by atoms with Gasteiger partial charge in [-0.3, -0.25) is 4.79 Å². The number of fused-ring (bicyclic) bond motifs is 1. The second-order valence-corrected chi connectivity index (χ2v) is 5.73. The van der Waals surface area contributed by atoms with Gasteiger partial charge in [0.05, 0.1) is 5.56 Å². The van der Waals surface area contributed by atoms with Crippen LogP contribution in [0.2, 0.25) is 0 Å². The Morgan fingerprint density at radius 2 is 2.05 bits per heavy atom. The second kappa shape index (κ2) is 6.28. The zero-order valence-electron chi connectivity index (χ0n) is 11.9. The largest absolute Gasteiger partial charge is 0.338 e. The third-order valence-electron chi connectivity index (χ3n) is 4.42. The summed E-state index contributed by atoms with van der Waals surface area (Å²) in [6.07, 6.45) is 1.96. The molecule has 1 amide bonds. The molecular weight excluding hydrogens is 298 g/mol. The summed E-state index contributed by atoms with van der Waals surface area (Å²) in [5.41, 5.74) is 0.278. The van der Waals surface area contributed by atoms with Crippen molar-refractivity contribution >= 4 is 18.3 Å². The number of carbonyl (C=O) groups is 1. The minimum Gasteiger partial charge on any atom is -0.338 e. The number of hydrogen-bond acceptors (Lipinski definition) is 2. The summed E-state index contributed by atoms with van der Waals surface area (Å²) < 4.78 is 27.1. The maximum atomic E-state index is 13.8. The average molecular weight is 317 g/mol. The van der Waals surface area contributed by atoms with Crippen molar-refractivity contribution in [1.82, 2.24) is 10.2 Å². The minimum atomic E-state index is -0.773. The van der Waals surface area contributed by atoms with Crippen LogP contribution in [0.15, 0.2) is 12.1 Å². The average Bonchev–Trinajstić information content (AvgIpc) is 2.89. The summed E-state index contributed by atoms with van der Waals surface area (Å²) >= 11 is 0. The third kappa shape index (κ3) is 3.04. The molecule has 1 aromatic rings. The van der Waals surface area contributed by atoms with E-state index in [0.29, 0.717) is 30.6 Å². The molecule has 0 aromatic heterocycles. The Bertz CT molecular complexity index is 553. The van der Waals surface area contributed by atoms with E-state index >= 15 is 0 Å². The molecule has 2 aliphatic heterocycles. The predicted molar refractivity (Wildman–Crippen MR) is 78.8 cm³/mol. The Labute approximate surface area is 129 Å². The number of benzene rings is 1. The lowest BCUT2D eigenvalue weighted by Gasteiger charge is -2.35. The molecule has 0 spiro atoms. The molecule has 6 heteroatoms. The molecule has 0 bridgehead atoms. The minimum absolute atomic E-state index is 0. The maximum Gasteiger partial charge on any atom is 0.256 e. The Morgan fingerprint density at radius 3 is 2.81 bits per heavy atom. The lowest BCUT2D eigenvalue weighted by molar-refractivity contribution is 0.0657. The standard InChI is InChI=1S/C15H18F2N2O.ClH/c1-9-6-11(13(17)7-12(9)16)15(20)19-5-3-14-10(8-19)2-4-18-14;/h6-7,10,14,18H,2-5,8H2,1H3;1H. The molecule has 2 fully saturated rings. The number of piperidine rings is 1. The van der Waals surface area contributed by atoms with Crippen molar-refractivity contribution in [3.05, 3.63) is 34.9 Å². The van der Waals surface area contributed by atoms with Gasteiger partial charge >= 0.3 is 0 Å². The Kier molecular flexibility index (Phi) is 4.84. The van der Waals surface area contributed by atoms with Crippen LogP contribution in [0.3, 0.4) is 0 Å². The number of carbonyl (C=O) groups excluding carboxylic acids is 1. The summed E-state index contributed by atoms with van der Waals surface area (Å²) in [6, 6.07) is 2.59. The van der Waals surface area contributed by atoms with Crippen molar-refractivity contribution in [2.75, 3.05) is 19.6 Å². The van der Waals surface area contributed by atoms with Gasteiger partial charge in [0.25, 0.3) is 5.91 Å². The number of halogens is 3. The summed E-state index contributed by atoms with van der Waals surface area (Å²) in [5.74, 6) is -1.25. The molecule has 116 valence electrons. The topological polar surface area (TPSA) is 32.3 Å². The van der Waals surface area contributed by atoms with E-state index in [9.17, 15) is 13.6 Å². The molecule has 1 N–H and O–H groups in total. The summed E-state index contributed by atoms with van der Waals surface area (Å²) in [5, 5.41) is 3.42. The Morgan fingerprint density at radius 1 is 1.29 bits per heavy atom. The highest BCUT2D eigenvalue weighted by atomic mass is 35.5. The first-order valence-corrected chi connectivity index (χ1v) is 7.04. The van der Waals surface area contributed by atoms with Gasteiger partial charge in [-0.15, -0.1) is 12.4 Å². The molecular formula is C15H19ClF2N2O. The van der Waals surface area contributed by atoms with Gasteiger partial charge in [0.1, 0.15) is 11.6 Å². The Hall–Kier alpha value is -1.20. The molecule has 0 aliphatic carbocycles. The maximum absolute atomic E-state index is 13.8. The smallest absolute Gasteiger partial charge is 0.256 e. The van der Waals surface area contributed by atoms with E-state index in [0.717, 1.165) is 25.5 Å². The molecule has 21 heavy (non-hydrogen) atoms. The first-order chi connectivity index (χ1) is 9.56. The predicted octanol–water partition coefficient (Wildman–Crippen LogP) is 2.52. The van der Waals surface area contributed by atoms with E-state index in [2.05, 4.69) is 5.32 Å². The van der Waals surface area contributed by atoms with Crippen LogP contribution in [-0.4, -0.2) is 36.5 Å². The number of nitrogens with zero attached hydrogens (tertiary/aromatic N) is 1. The molecule has 2 aliphatic rings. The zero-order valence-corrected chi connectivity index (χ0v) is 12.7. The highest BCUT2D eigenvalue weighted by Crippen LogP contribution is 2.26. The van der Waals surface area contributed by atoms with Gasteiger partial charge in [-0.05, 0) is 43.9 Å². The fourth-order valence-corrected chi connectivity index (χ4v) is 3.22. The van der Waals surface area contributed by atoms with Gasteiger partial charge < -0.3 is 10.2 Å². The second-order valence-electron chi connectivity index (χ2n) is 5.73. The van der Waals surface area contributed by atoms with Gasteiger partial charge in [0.2, 0.25) is 0 Å². The molecule has 2 saturated heterocycles. The van der Waals surface area contributed by atoms with Gasteiger partial charge in [-0.25, -0.2) is 8.78 Å². The highest BCUT2D eigenvalue weighted by Gasteiger charge is 2.35. The number of nitrogens with one attached hydrogen (secondary N) is 1. The van der Waals surface area contributed by atoms with Gasteiger partial charge in [0.15, 0.2) is 0 Å². The lowest BCUT2D eigenvalue weighted by Crippen LogP contribution is -2.47. The lowest BCUT2D eigenvalue weighted by atomic mass is 9.93. The molecule has 2 heterocycles. The fraction of sp³-hybridized carbons (Fsp3) is 0.533. The van der Waals surface area contributed by atoms with E-state index < -0.39 is 11.6 Å². The first-order valence-electron chi connectivity index (χ1n) is 7.04. The van der Waals surface area contributed by atoms with Crippen LogP contribution in [0.1, 0.15) is 28.8 Å². The SMILES string of the molecule is Cc1cc(C(=O)N2CCC3NCCC3C2)c(F)cc1F.Cl. The van der Waals surface area contributed by atoms with Crippen LogP contribution in [0.25, 0.3) is 0 Å². The van der Waals surface area contributed by atoms with E-state index in [1.165, 1.54) is 6.07 Å². The molecule has 0 radical (unpaired) electrons. The number of aryl methyl sites for hydroxylation is 1. The first kappa shape index (κ1) is 16.2. The normalized spacial score (nSPS) is 24.4. The van der Waals surface area contributed by atoms with Crippen LogP contribution >= 0.6 is 12.4 Å². The van der Waals surface area contributed by atoms with Gasteiger partial charge in [0, 0.05) is 25.2 Å². The van der Waals surface area contributed by atoms with Crippen LogP contribution < -0.4 is 5.32 Å². The summed E-state index contributed by atoms with van der Waals surface area (Å²) in [4.78, 5) is 14.1. The van der Waals surface area contributed by atoms with Gasteiger partial charge in [-0.2, -0.15) is 0 Å². The van der Waals surface area contributed by atoms with Gasteiger partial charge in [-0.1, -0.05) is 0 Å². The van der Waals surface area contributed by atoms with E-state index in [1.54, 1.807) is 11.8 Å². The molecule has 1 aromatic carbocycles. The van der Waals surface area contributed by atoms with Crippen LogP contribution in [-0.2, 0) is 0 Å². The Balaban J connectivity index is 0.00000161. The van der Waals surface area contributed by atoms with E-state index in [4.69, 9.17) is 0 Å².